The van der Waals surface area contributed by atoms with Crippen LogP contribution in [-0.2, 0) is 9.59 Å². The monoisotopic (exact) mass is 351 g/mol. The summed E-state index contributed by atoms with van der Waals surface area (Å²) in [5.74, 6) is -1.06. The first-order valence-corrected chi connectivity index (χ1v) is 8.45. The van der Waals surface area contributed by atoms with Crippen molar-refractivity contribution in [3.05, 3.63) is 71.5 Å². The molecule has 2 aromatic carbocycles. The number of aliphatic hydroxyl groups is 1. The Morgan fingerprint density at radius 3 is 2.42 bits per heavy atom. The van der Waals surface area contributed by atoms with Crippen LogP contribution in [0.4, 0.5) is 5.69 Å². The van der Waals surface area contributed by atoms with Gasteiger partial charge in [0.15, 0.2) is 11.5 Å². The Morgan fingerprint density at radius 1 is 1.12 bits per heavy atom. The number of hydrogen-bond donors (Lipinski definition) is 1. The van der Waals surface area contributed by atoms with Crippen LogP contribution in [0.5, 0.6) is 5.75 Å². The van der Waals surface area contributed by atoms with Gasteiger partial charge in [0, 0.05) is 17.7 Å². The van der Waals surface area contributed by atoms with Gasteiger partial charge < -0.3 is 9.84 Å². The molecule has 26 heavy (non-hydrogen) atoms. The van der Waals surface area contributed by atoms with Crippen LogP contribution in [0.15, 0.2) is 65.9 Å². The molecule has 0 spiro atoms. The molecule has 1 unspecified atom stereocenters. The number of aliphatic hydroxyl groups excluding tert-OH is 1. The van der Waals surface area contributed by atoms with Crippen LogP contribution in [0.25, 0.3) is 0 Å². The van der Waals surface area contributed by atoms with Crippen molar-refractivity contribution in [2.24, 2.45) is 5.92 Å². The number of anilines is 1. The molecule has 0 bridgehead atoms. The van der Waals surface area contributed by atoms with E-state index in [9.17, 15) is 14.7 Å². The maximum atomic E-state index is 12.9. The summed E-state index contributed by atoms with van der Waals surface area (Å²) in [6, 6.07) is 15.6. The number of hydrogen-bond acceptors (Lipinski definition) is 4. The predicted octanol–water partition coefficient (Wildman–Crippen LogP) is 3.82. The Hall–Kier alpha value is -3.08. The average Bonchev–Trinajstić information content (AvgIpc) is 2.93. The lowest BCUT2D eigenvalue weighted by atomic mass is 9.91. The minimum atomic E-state index is -0.675. The Labute approximate surface area is 152 Å². The SMILES string of the molecule is COc1cccc(N2C(=O)C(O)=C(C(=O)C(C)C)C2c2ccccc2)c1. The lowest BCUT2D eigenvalue weighted by Gasteiger charge is -2.27. The smallest absolute Gasteiger partial charge is 0.294 e. The van der Waals surface area contributed by atoms with Gasteiger partial charge in [-0.05, 0) is 17.7 Å². The third-order valence-corrected chi connectivity index (χ3v) is 4.44. The quantitative estimate of drug-likeness (QED) is 0.889. The number of benzene rings is 2. The van der Waals surface area contributed by atoms with Gasteiger partial charge in [0.1, 0.15) is 5.75 Å². The van der Waals surface area contributed by atoms with E-state index in [0.29, 0.717) is 11.4 Å². The van der Waals surface area contributed by atoms with E-state index in [0.717, 1.165) is 5.56 Å². The van der Waals surface area contributed by atoms with E-state index >= 15 is 0 Å². The molecule has 0 aliphatic carbocycles. The normalized spacial score (nSPS) is 17.2. The summed E-state index contributed by atoms with van der Waals surface area (Å²) >= 11 is 0. The van der Waals surface area contributed by atoms with Crippen LogP contribution < -0.4 is 9.64 Å². The molecule has 1 aliphatic rings. The molecule has 2 aromatic rings. The topological polar surface area (TPSA) is 66.8 Å². The molecule has 5 heteroatoms. The van der Waals surface area contributed by atoms with Gasteiger partial charge in [-0.1, -0.05) is 50.2 Å². The zero-order valence-electron chi connectivity index (χ0n) is 15.0. The molecule has 5 nitrogen and oxygen atoms in total. The van der Waals surface area contributed by atoms with Crippen molar-refractivity contribution in [2.45, 2.75) is 19.9 Å². The van der Waals surface area contributed by atoms with E-state index in [1.807, 2.05) is 30.3 Å². The predicted molar refractivity (Wildman–Crippen MR) is 99.2 cm³/mol. The Balaban J connectivity index is 2.18. The number of ketones is 1. The first kappa shape index (κ1) is 17.7. The molecule has 3 rings (SSSR count). The van der Waals surface area contributed by atoms with Gasteiger partial charge >= 0.3 is 0 Å². The average molecular weight is 351 g/mol. The van der Waals surface area contributed by atoms with E-state index in [4.69, 9.17) is 4.74 Å². The van der Waals surface area contributed by atoms with Crippen molar-refractivity contribution in [1.29, 1.82) is 0 Å². The summed E-state index contributed by atoms with van der Waals surface area (Å²) in [6.07, 6.45) is 0. The summed E-state index contributed by atoms with van der Waals surface area (Å²) in [6.45, 7) is 3.51. The molecule has 0 saturated heterocycles. The molecule has 1 atom stereocenters. The number of ether oxygens (including phenoxy) is 1. The first-order chi connectivity index (χ1) is 12.5. The molecule has 1 aliphatic heterocycles. The number of carbonyl (C=O) groups is 2. The number of carbonyl (C=O) groups excluding carboxylic acids is 2. The van der Waals surface area contributed by atoms with Crippen molar-refractivity contribution in [3.8, 4) is 5.75 Å². The summed E-state index contributed by atoms with van der Waals surface area (Å²) in [5, 5.41) is 10.5. The van der Waals surface area contributed by atoms with Gasteiger partial charge in [-0.25, -0.2) is 0 Å². The van der Waals surface area contributed by atoms with Crippen molar-refractivity contribution in [2.75, 3.05) is 12.0 Å². The van der Waals surface area contributed by atoms with E-state index in [-0.39, 0.29) is 17.3 Å². The second-order valence-corrected chi connectivity index (χ2v) is 6.47. The van der Waals surface area contributed by atoms with Crippen LogP contribution in [0.2, 0.25) is 0 Å². The molecule has 134 valence electrons. The number of nitrogens with zero attached hydrogens (tertiary/aromatic N) is 1. The van der Waals surface area contributed by atoms with Gasteiger partial charge in [-0.3, -0.25) is 14.5 Å². The molecular formula is C21H21NO4. The van der Waals surface area contributed by atoms with Crippen LogP contribution in [0.1, 0.15) is 25.5 Å². The molecular weight excluding hydrogens is 330 g/mol. The second-order valence-electron chi connectivity index (χ2n) is 6.47. The zero-order valence-corrected chi connectivity index (χ0v) is 15.0. The highest BCUT2D eigenvalue weighted by atomic mass is 16.5. The maximum absolute atomic E-state index is 12.9. The van der Waals surface area contributed by atoms with Crippen LogP contribution in [0.3, 0.4) is 0 Å². The van der Waals surface area contributed by atoms with E-state index in [1.54, 1.807) is 45.2 Å². The Kier molecular flexibility index (Phi) is 4.80. The van der Waals surface area contributed by atoms with Crippen molar-refractivity contribution >= 4 is 17.4 Å². The highest BCUT2D eigenvalue weighted by Gasteiger charge is 2.44. The largest absolute Gasteiger partial charge is 0.503 e. The molecule has 0 saturated carbocycles. The molecule has 0 radical (unpaired) electrons. The van der Waals surface area contributed by atoms with E-state index in [1.165, 1.54) is 4.90 Å². The van der Waals surface area contributed by atoms with Gasteiger partial charge in [0.25, 0.3) is 5.91 Å². The molecule has 1 amide bonds. The highest BCUT2D eigenvalue weighted by molar-refractivity contribution is 6.16. The zero-order chi connectivity index (χ0) is 18.8. The Morgan fingerprint density at radius 2 is 1.81 bits per heavy atom. The maximum Gasteiger partial charge on any atom is 0.294 e. The summed E-state index contributed by atoms with van der Waals surface area (Å²) in [5.41, 5.74) is 1.46. The highest BCUT2D eigenvalue weighted by Crippen LogP contribution is 2.42. The fourth-order valence-corrected chi connectivity index (χ4v) is 3.15. The summed E-state index contributed by atoms with van der Waals surface area (Å²) < 4.78 is 5.25. The minimum Gasteiger partial charge on any atom is -0.503 e. The van der Waals surface area contributed by atoms with Gasteiger partial charge in [0.05, 0.1) is 18.7 Å². The fourth-order valence-electron chi connectivity index (χ4n) is 3.15. The van der Waals surface area contributed by atoms with Crippen molar-refractivity contribution < 1.29 is 19.4 Å². The first-order valence-electron chi connectivity index (χ1n) is 8.45. The standard InChI is InChI=1S/C21H21NO4/c1-13(2)19(23)17-18(14-8-5-4-6-9-14)22(21(25)20(17)24)15-10-7-11-16(12-15)26-3/h4-13,18,24H,1-3H3. The van der Waals surface area contributed by atoms with Gasteiger partial charge in [-0.15, -0.1) is 0 Å². The molecule has 1 N–H and O–H groups in total. The van der Waals surface area contributed by atoms with E-state index < -0.39 is 17.7 Å². The number of amides is 1. The third-order valence-electron chi connectivity index (χ3n) is 4.44. The Bertz CT molecular complexity index is 871. The number of methoxy groups -OCH3 is 1. The minimum absolute atomic E-state index is 0.138. The lowest BCUT2D eigenvalue weighted by Crippen LogP contribution is -2.31. The van der Waals surface area contributed by atoms with Crippen LogP contribution in [-0.4, -0.2) is 23.9 Å². The second kappa shape index (κ2) is 7.04. The number of Topliss-reactive ketones (excluding diaryl/α,β-unsaturated/α-hetero) is 1. The molecule has 1 heterocycles. The summed E-state index contributed by atoms with van der Waals surface area (Å²) in [7, 11) is 1.54. The third kappa shape index (κ3) is 2.96. The van der Waals surface area contributed by atoms with Gasteiger partial charge in [-0.2, -0.15) is 0 Å². The lowest BCUT2D eigenvalue weighted by molar-refractivity contribution is -0.119. The summed E-state index contributed by atoms with van der Waals surface area (Å²) in [4.78, 5) is 27.1. The fraction of sp³-hybridized carbons (Fsp3) is 0.238. The van der Waals surface area contributed by atoms with Crippen LogP contribution in [0, 0.1) is 5.92 Å². The molecule has 0 fully saturated rings. The van der Waals surface area contributed by atoms with Gasteiger partial charge in [0.2, 0.25) is 0 Å². The van der Waals surface area contributed by atoms with Crippen molar-refractivity contribution in [3.63, 3.8) is 0 Å². The van der Waals surface area contributed by atoms with Crippen molar-refractivity contribution in [1.82, 2.24) is 0 Å². The van der Waals surface area contributed by atoms with E-state index in [2.05, 4.69) is 0 Å². The van der Waals surface area contributed by atoms with Crippen LogP contribution >= 0.6 is 0 Å². The number of rotatable bonds is 5. The molecule has 0 aromatic heterocycles.